The number of halogens is 3. The molecule has 0 bridgehead atoms. The van der Waals surface area contributed by atoms with Gasteiger partial charge in [-0.15, -0.1) is 0 Å². The van der Waals surface area contributed by atoms with Gasteiger partial charge in [0.1, 0.15) is 11.6 Å². The van der Waals surface area contributed by atoms with E-state index < -0.39 is 11.9 Å². The highest BCUT2D eigenvalue weighted by Crippen LogP contribution is 2.29. The van der Waals surface area contributed by atoms with Gasteiger partial charge in [0.2, 0.25) is 0 Å². The molecule has 0 saturated heterocycles. The Morgan fingerprint density at radius 3 is 2.33 bits per heavy atom. The zero-order valence-electron chi connectivity index (χ0n) is 13.0. The van der Waals surface area contributed by atoms with E-state index in [0.29, 0.717) is 23.5 Å². The molecule has 3 aromatic rings. The minimum atomic E-state index is -1.92. The first-order chi connectivity index (χ1) is 11.6. The quantitative estimate of drug-likeness (QED) is 0.547. The predicted octanol–water partition coefficient (Wildman–Crippen LogP) is 6.28. The fourth-order valence-corrected chi connectivity index (χ4v) is 2.63. The lowest BCUT2D eigenvalue weighted by Gasteiger charge is -2.08. The molecule has 0 spiro atoms. The largest absolute Gasteiger partial charge is 0.494 e. The fraction of sp³-hybridized carbons (Fsp3) is 0.100. The van der Waals surface area contributed by atoms with E-state index in [1.807, 2.05) is 37.3 Å². The van der Waals surface area contributed by atoms with Gasteiger partial charge in [-0.1, -0.05) is 36.4 Å². The second kappa shape index (κ2) is 6.79. The molecular weight excluding hydrogens is 313 g/mol. The van der Waals surface area contributed by atoms with Gasteiger partial charge in [-0.3, -0.25) is 0 Å². The van der Waals surface area contributed by atoms with Crippen molar-refractivity contribution in [2.45, 2.75) is 6.92 Å². The Morgan fingerprint density at radius 1 is 0.958 bits per heavy atom. The van der Waals surface area contributed by atoms with E-state index >= 15 is 0 Å². The van der Waals surface area contributed by atoms with Crippen molar-refractivity contribution >= 4 is 16.8 Å². The Bertz CT molecular complexity index is 895. The molecule has 0 radical (unpaired) electrons. The third-order valence-electron chi connectivity index (χ3n) is 3.75. The number of hydrogen-bond acceptors (Lipinski definition) is 1. The van der Waals surface area contributed by atoms with Gasteiger partial charge < -0.3 is 4.74 Å². The maximum atomic E-state index is 14.3. The van der Waals surface area contributed by atoms with Gasteiger partial charge in [0.05, 0.1) is 6.61 Å². The van der Waals surface area contributed by atoms with Crippen LogP contribution in [0.25, 0.3) is 28.0 Å². The van der Waals surface area contributed by atoms with Crippen LogP contribution in [0.4, 0.5) is 13.2 Å². The van der Waals surface area contributed by atoms with Gasteiger partial charge in [0.25, 0.3) is 6.08 Å². The van der Waals surface area contributed by atoms with Crippen molar-refractivity contribution in [3.05, 3.63) is 72.1 Å². The van der Waals surface area contributed by atoms with Crippen LogP contribution < -0.4 is 4.74 Å². The molecule has 122 valence electrons. The summed E-state index contributed by atoms with van der Waals surface area (Å²) in [6.45, 7) is 2.52. The first-order valence-corrected chi connectivity index (χ1v) is 7.56. The molecule has 0 heterocycles. The Labute approximate surface area is 138 Å². The maximum absolute atomic E-state index is 14.3. The van der Waals surface area contributed by atoms with E-state index in [2.05, 4.69) is 0 Å². The van der Waals surface area contributed by atoms with Gasteiger partial charge in [-0.05, 0) is 41.6 Å². The van der Waals surface area contributed by atoms with Crippen LogP contribution in [-0.2, 0) is 0 Å². The normalized spacial score (nSPS) is 10.7. The van der Waals surface area contributed by atoms with Crippen molar-refractivity contribution in [2.24, 2.45) is 0 Å². The summed E-state index contributed by atoms with van der Waals surface area (Å²) in [4.78, 5) is 0. The van der Waals surface area contributed by atoms with E-state index in [0.717, 1.165) is 16.9 Å². The van der Waals surface area contributed by atoms with E-state index in [9.17, 15) is 13.2 Å². The molecule has 0 fully saturated rings. The van der Waals surface area contributed by atoms with Crippen LogP contribution in [0.1, 0.15) is 12.5 Å². The molecule has 0 aliphatic rings. The average Bonchev–Trinajstić information content (AvgIpc) is 2.58. The number of ether oxygens (including phenoxy) is 1. The summed E-state index contributed by atoms with van der Waals surface area (Å²) >= 11 is 0. The van der Waals surface area contributed by atoms with Crippen molar-refractivity contribution in [3.8, 4) is 16.9 Å². The van der Waals surface area contributed by atoms with Gasteiger partial charge in [0, 0.05) is 17.0 Å². The number of hydrogen-bond donors (Lipinski definition) is 0. The zero-order chi connectivity index (χ0) is 17.1. The molecule has 3 aromatic carbocycles. The summed E-state index contributed by atoms with van der Waals surface area (Å²) in [5, 5.41) is 0.981. The zero-order valence-corrected chi connectivity index (χ0v) is 13.0. The fourth-order valence-electron chi connectivity index (χ4n) is 2.63. The van der Waals surface area contributed by atoms with Crippen LogP contribution in [-0.4, -0.2) is 6.61 Å². The van der Waals surface area contributed by atoms with E-state index in [1.54, 1.807) is 18.2 Å². The Hall–Kier alpha value is -2.75. The van der Waals surface area contributed by atoms with Gasteiger partial charge in [0.15, 0.2) is 0 Å². The standard InChI is InChI=1S/C20H15F3O/c1-2-24-17-8-5-13(6-9-17)14-7-10-18-15(11-14)3-4-16(20(18)23)12-19(21)22/h3-12H,2H2,1H3. The average molecular weight is 328 g/mol. The van der Waals surface area contributed by atoms with E-state index in [4.69, 9.17) is 4.74 Å². The molecule has 0 saturated carbocycles. The lowest BCUT2D eigenvalue weighted by Crippen LogP contribution is -1.90. The summed E-state index contributed by atoms with van der Waals surface area (Å²) in [6.07, 6.45) is -1.38. The summed E-state index contributed by atoms with van der Waals surface area (Å²) in [5.74, 6) is 0.149. The Morgan fingerprint density at radius 2 is 1.67 bits per heavy atom. The van der Waals surface area contributed by atoms with Crippen molar-refractivity contribution in [1.82, 2.24) is 0 Å². The van der Waals surface area contributed by atoms with Crippen LogP contribution in [0.2, 0.25) is 0 Å². The number of benzene rings is 3. The Balaban J connectivity index is 2.01. The molecule has 0 aromatic heterocycles. The minimum absolute atomic E-state index is 0.115. The summed E-state index contributed by atoms with van der Waals surface area (Å²) in [6, 6.07) is 15.8. The molecule has 0 atom stereocenters. The van der Waals surface area contributed by atoms with Crippen LogP contribution in [0.15, 0.2) is 60.7 Å². The second-order valence-corrected chi connectivity index (χ2v) is 5.30. The van der Waals surface area contributed by atoms with Crippen LogP contribution >= 0.6 is 0 Å². The molecule has 4 heteroatoms. The van der Waals surface area contributed by atoms with Crippen LogP contribution in [0, 0.1) is 5.82 Å². The maximum Gasteiger partial charge on any atom is 0.271 e. The second-order valence-electron chi connectivity index (χ2n) is 5.30. The highest BCUT2D eigenvalue weighted by molar-refractivity contribution is 5.89. The van der Waals surface area contributed by atoms with Crippen LogP contribution in [0.5, 0.6) is 5.75 Å². The third kappa shape index (κ3) is 3.27. The molecule has 3 rings (SSSR count). The summed E-state index contributed by atoms with van der Waals surface area (Å²) in [7, 11) is 0. The highest BCUT2D eigenvalue weighted by atomic mass is 19.3. The molecule has 0 aliphatic carbocycles. The minimum Gasteiger partial charge on any atom is -0.494 e. The lowest BCUT2D eigenvalue weighted by molar-refractivity contribution is 0.340. The first-order valence-electron chi connectivity index (χ1n) is 7.56. The predicted molar refractivity (Wildman–Crippen MR) is 90.7 cm³/mol. The van der Waals surface area contributed by atoms with Crippen molar-refractivity contribution in [3.63, 3.8) is 0 Å². The first kappa shape index (κ1) is 16.1. The van der Waals surface area contributed by atoms with Crippen molar-refractivity contribution < 1.29 is 17.9 Å². The topological polar surface area (TPSA) is 9.23 Å². The van der Waals surface area contributed by atoms with E-state index in [1.165, 1.54) is 6.07 Å². The molecule has 0 aliphatic heterocycles. The number of fused-ring (bicyclic) bond motifs is 1. The third-order valence-corrected chi connectivity index (χ3v) is 3.75. The molecule has 0 amide bonds. The summed E-state index contributed by atoms with van der Waals surface area (Å²) < 4.78 is 44.4. The van der Waals surface area contributed by atoms with Crippen molar-refractivity contribution in [1.29, 1.82) is 0 Å². The van der Waals surface area contributed by atoms with E-state index in [-0.39, 0.29) is 5.56 Å². The van der Waals surface area contributed by atoms with Gasteiger partial charge >= 0.3 is 0 Å². The molecule has 1 nitrogen and oxygen atoms in total. The monoisotopic (exact) mass is 328 g/mol. The molecule has 0 N–H and O–H groups in total. The molecule has 0 unspecified atom stereocenters. The molecule has 24 heavy (non-hydrogen) atoms. The summed E-state index contributed by atoms with van der Waals surface area (Å²) in [5.41, 5.74) is 1.78. The van der Waals surface area contributed by atoms with Gasteiger partial charge in [-0.2, -0.15) is 8.78 Å². The Kier molecular flexibility index (Phi) is 4.56. The van der Waals surface area contributed by atoms with Crippen molar-refractivity contribution in [2.75, 3.05) is 6.61 Å². The number of rotatable bonds is 4. The molecular formula is C20H15F3O. The SMILES string of the molecule is CCOc1ccc(-c2ccc3c(F)c(C=C(F)F)ccc3c2)cc1. The van der Waals surface area contributed by atoms with Gasteiger partial charge in [-0.25, -0.2) is 4.39 Å². The lowest BCUT2D eigenvalue weighted by atomic mass is 9.99. The van der Waals surface area contributed by atoms with Crippen LogP contribution in [0.3, 0.4) is 0 Å². The smallest absolute Gasteiger partial charge is 0.271 e. The highest BCUT2D eigenvalue weighted by Gasteiger charge is 2.08.